The van der Waals surface area contributed by atoms with Crippen LogP contribution >= 0.6 is 23.2 Å². The van der Waals surface area contributed by atoms with Crippen LogP contribution in [-0.2, 0) is 9.59 Å². The van der Waals surface area contributed by atoms with E-state index in [1.54, 1.807) is 6.07 Å². The van der Waals surface area contributed by atoms with E-state index in [9.17, 15) is 9.59 Å². The molecule has 11 heteroatoms. The van der Waals surface area contributed by atoms with Gasteiger partial charge in [-0.3, -0.25) is 9.59 Å². The predicted octanol–water partition coefficient (Wildman–Crippen LogP) is 5.49. The highest BCUT2D eigenvalue weighted by Gasteiger charge is 2.25. The van der Waals surface area contributed by atoms with E-state index in [1.165, 1.54) is 39.3 Å². The summed E-state index contributed by atoms with van der Waals surface area (Å²) in [6.07, 6.45) is 0. The number of halogens is 2. The molecule has 1 amide bonds. The number of Topliss-reactive ketones (excluding diaryl/α,β-unsaturated/α-hetero) is 1. The molecule has 1 atom stereocenters. The van der Waals surface area contributed by atoms with Crippen molar-refractivity contribution in [3.63, 3.8) is 0 Å². The average molecular weight is 498 g/mol. The second-order valence-electron chi connectivity index (χ2n) is 6.53. The van der Waals surface area contributed by atoms with E-state index in [1.807, 2.05) is 13.8 Å². The van der Waals surface area contributed by atoms with Crippen molar-refractivity contribution in [1.82, 2.24) is 0 Å². The molecular weight excluding hydrogens is 473 g/mol. The summed E-state index contributed by atoms with van der Waals surface area (Å²) in [5.41, 5.74) is 0.504. The van der Waals surface area contributed by atoms with Crippen LogP contribution in [0.25, 0.3) is 0 Å². The van der Waals surface area contributed by atoms with Gasteiger partial charge in [-0.2, -0.15) is 10.2 Å². The third-order valence-corrected chi connectivity index (χ3v) is 4.71. The summed E-state index contributed by atoms with van der Waals surface area (Å²) in [7, 11) is 2.85. The molecule has 178 valence electrons. The van der Waals surface area contributed by atoms with Crippen LogP contribution in [0.5, 0.6) is 23.0 Å². The number of amides is 1. The zero-order valence-electron chi connectivity index (χ0n) is 18.9. The Kier molecular flexibility index (Phi) is 9.74. The van der Waals surface area contributed by atoms with Gasteiger partial charge in [-0.05, 0) is 32.9 Å². The smallest absolute Gasteiger partial charge is 0.258 e. The van der Waals surface area contributed by atoms with Crippen LogP contribution in [0, 0.1) is 0 Å². The van der Waals surface area contributed by atoms with Gasteiger partial charge >= 0.3 is 0 Å². The van der Waals surface area contributed by atoms with Gasteiger partial charge in [0.15, 0.2) is 28.8 Å². The lowest BCUT2D eigenvalue weighted by Crippen LogP contribution is -2.32. The van der Waals surface area contributed by atoms with Crippen LogP contribution in [0.3, 0.4) is 0 Å². The molecule has 0 aromatic heterocycles. The van der Waals surface area contributed by atoms with Crippen molar-refractivity contribution < 1.29 is 28.5 Å². The van der Waals surface area contributed by atoms with Crippen molar-refractivity contribution in [2.75, 3.05) is 32.8 Å². The van der Waals surface area contributed by atoms with E-state index >= 15 is 0 Å². The molecule has 1 N–H and O–H groups in total. The number of methoxy groups -OCH3 is 2. The zero-order chi connectivity index (χ0) is 24.5. The molecule has 33 heavy (non-hydrogen) atoms. The number of carbonyl (C=O) groups excluding carboxylic acids is 2. The SMILES string of the molecule is CCOc1cc(N=NC(C(C)=O)C(=O)Nc2cc(Cl)cc(OC)c2OC)cc(Cl)c1OCC. The Balaban J connectivity index is 2.34. The molecule has 0 saturated heterocycles. The number of carbonyl (C=O) groups is 2. The van der Waals surface area contributed by atoms with Gasteiger partial charge in [0.25, 0.3) is 5.91 Å². The fourth-order valence-corrected chi connectivity index (χ4v) is 3.29. The van der Waals surface area contributed by atoms with Crippen LogP contribution in [0.1, 0.15) is 20.8 Å². The maximum absolute atomic E-state index is 12.8. The summed E-state index contributed by atoms with van der Waals surface area (Å²) in [5, 5.41) is 11.1. The van der Waals surface area contributed by atoms with Gasteiger partial charge in [0.2, 0.25) is 6.04 Å². The first kappa shape index (κ1) is 26.2. The van der Waals surface area contributed by atoms with E-state index in [-0.39, 0.29) is 22.1 Å². The molecule has 0 aliphatic heterocycles. The summed E-state index contributed by atoms with van der Waals surface area (Å²) in [6.45, 7) is 5.63. The standard InChI is InChI=1S/C22H25Cl2N3O6/c1-6-32-18-11-14(10-15(24)20(18)33-7-2)26-27-19(12(3)28)22(29)25-16-8-13(23)9-17(30-4)21(16)31-5/h8-11,19H,6-7H2,1-5H3,(H,25,29). The molecule has 2 aromatic rings. The monoisotopic (exact) mass is 497 g/mol. The molecule has 0 bridgehead atoms. The van der Waals surface area contributed by atoms with Crippen LogP contribution < -0.4 is 24.3 Å². The molecule has 0 fully saturated rings. The van der Waals surface area contributed by atoms with Gasteiger partial charge in [-0.15, -0.1) is 0 Å². The fourth-order valence-electron chi connectivity index (χ4n) is 2.83. The Morgan fingerprint density at radius 3 is 2.24 bits per heavy atom. The van der Waals surface area contributed by atoms with Crippen LogP contribution in [0.15, 0.2) is 34.5 Å². The second kappa shape index (κ2) is 12.3. The highest BCUT2D eigenvalue weighted by atomic mass is 35.5. The third kappa shape index (κ3) is 6.72. The highest BCUT2D eigenvalue weighted by molar-refractivity contribution is 6.32. The van der Waals surface area contributed by atoms with Crippen molar-refractivity contribution in [3.8, 4) is 23.0 Å². The number of benzene rings is 2. The number of azo groups is 1. The lowest BCUT2D eigenvalue weighted by Gasteiger charge is -2.15. The van der Waals surface area contributed by atoms with Gasteiger partial charge < -0.3 is 24.3 Å². The van der Waals surface area contributed by atoms with Crippen molar-refractivity contribution >= 4 is 46.3 Å². The number of anilines is 1. The number of ether oxygens (including phenoxy) is 4. The first-order chi connectivity index (χ1) is 15.7. The molecule has 0 aliphatic carbocycles. The van der Waals surface area contributed by atoms with Crippen molar-refractivity contribution in [2.24, 2.45) is 10.2 Å². The maximum Gasteiger partial charge on any atom is 0.258 e. The van der Waals surface area contributed by atoms with Gasteiger partial charge in [0.1, 0.15) is 0 Å². The third-order valence-electron chi connectivity index (χ3n) is 4.21. The Bertz CT molecular complexity index is 1050. The molecule has 2 aromatic carbocycles. The topological polar surface area (TPSA) is 108 Å². The number of nitrogens with zero attached hydrogens (tertiary/aromatic N) is 2. The Morgan fingerprint density at radius 2 is 1.67 bits per heavy atom. The lowest BCUT2D eigenvalue weighted by atomic mass is 10.2. The molecule has 0 saturated carbocycles. The van der Waals surface area contributed by atoms with Crippen molar-refractivity contribution in [1.29, 1.82) is 0 Å². The molecule has 0 radical (unpaired) electrons. The van der Waals surface area contributed by atoms with Gasteiger partial charge in [-0.25, -0.2) is 0 Å². The van der Waals surface area contributed by atoms with E-state index in [0.717, 1.165) is 0 Å². The van der Waals surface area contributed by atoms with Crippen molar-refractivity contribution in [2.45, 2.75) is 26.8 Å². The molecule has 1 unspecified atom stereocenters. The van der Waals surface area contributed by atoms with E-state index in [0.29, 0.717) is 35.5 Å². The highest BCUT2D eigenvalue weighted by Crippen LogP contribution is 2.40. The molecular formula is C22H25Cl2N3O6. The molecule has 2 rings (SSSR count). The lowest BCUT2D eigenvalue weighted by molar-refractivity contribution is -0.126. The number of hydrogen-bond donors (Lipinski definition) is 1. The first-order valence-corrected chi connectivity index (χ1v) is 10.7. The predicted molar refractivity (Wildman–Crippen MR) is 126 cm³/mol. The normalized spacial score (nSPS) is 11.7. The van der Waals surface area contributed by atoms with Crippen molar-refractivity contribution in [3.05, 3.63) is 34.3 Å². The Hall–Kier alpha value is -3.04. The first-order valence-electron chi connectivity index (χ1n) is 9.98. The molecule has 0 aliphatic rings. The Morgan fingerprint density at radius 1 is 0.970 bits per heavy atom. The number of ketones is 1. The zero-order valence-corrected chi connectivity index (χ0v) is 20.4. The minimum Gasteiger partial charge on any atom is -0.493 e. The summed E-state index contributed by atoms with van der Waals surface area (Å²) in [5.74, 6) is 0.0633. The summed E-state index contributed by atoms with van der Waals surface area (Å²) < 4.78 is 21.6. The number of rotatable bonds is 11. The average Bonchev–Trinajstić information content (AvgIpc) is 2.75. The summed E-state index contributed by atoms with van der Waals surface area (Å²) >= 11 is 12.4. The van der Waals surface area contributed by atoms with Crippen LogP contribution in [0.4, 0.5) is 11.4 Å². The summed E-state index contributed by atoms with van der Waals surface area (Å²) in [6, 6.07) is 4.63. The molecule has 0 heterocycles. The quantitative estimate of drug-likeness (QED) is 0.324. The maximum atomic E-state index is 12.8. The van der Waals surface area contributed by atoms with Gasteiger partial charge in [-0.1, -0.05) is 23.2 Å². The number of nitrogens with one attached hydrogen (secondary N) is 1. The molecule has 0 spiro atoms. The Labute approximate surface area is 202 Å². The molecule has 9 nitrogen and oxygen atoms in total. The van der Waals surface area contributed by atoms with Crippen LogP contribution in [-0.4, -0.2) is 45.2 Å². The largest absolute Gasteiger partial charge is 0.493 e. The van der Waals surface area contributed by atoms with Gasteiger partial charge in [0.05, 0.1) is 43.8 Å². The second-order valence-corrected chi connectivity index (χ2v) is 7.37. The van der Waals surface area contributed by atoms with E-state index < -0.39 is 17.7 Å². The van der Waals surface area contributed by atoms with Gasteiger partial charge in [0, 0.05) is 17.2 Å². The minimum absolute atomic E-state index is 0.219. The van der Waals surface area contributed by atoms with E-state index in [4.69, 9.17) is 42.1 Å². The van der Waals surface area contributed by atoms with Crippen LogP contribution in [0.2, 0.25) is 10.0 Å². The summed E-state index contributed by atoms with van der Waals surface area (Å²) in [4.78, 5) is 25.0. The fraction of sp³-hybridized carbons (Fsp3) is 0.364. The van der Waals surface area contributed by atoms with E-state index in [2.05, 4.69) is 15.5 Å². The minimum atomic E-state index is -1.43. The number of hydrogen-bond acceptors (Lipinski definition) is 8.